The van der Waals surface area contributed by atoms with Crippen molar-refractivity contribution in [1.29, 1.82) is 0 Å². The van der Waals surface area contributed by atoms with Gasteiger partial charge in [0.25, 0.3) is 0 Å². The molecule has 0 bridgehead atoms. The molecule has 0 unspecified atom stereocenters. The second-order valence-electron chi connectivity index (χ2n) is 3.21. The summed E-state index contributed by atoms with van der Waals surface area (Å²) in [6, 6.07) is 4.15. The number of benzene rings is 1. The second kappa shape index (κ2) is 4.56. The molecule has 0 radical (unpaired) electrons. The first-order valence-electron chi connectivity index (χ1n) is 4.56. The van der Waals surface area contributed by atoms with Gasteiger partial charge in [0.1, 0.15) is 0 Å². The highest BCUT2D eigenvalue weighted by molar-refractivity contribution is 5.71. The molecule has 0 spiro atoms. The van der Waals surface area contributed by atoms with Crippen molar-refractivity contribution in [2.24, 2.45) is 4.99 Å². The van der Waals surface area contributed by atoms with E-state index in [-0.39, 0.29) is 0 Å². The van der Waals surface area contributed by atoms with Crippen molar-refractivity contribution in [3.05, 3.63) is 47.6 Å². The van der Waals surface area contributed by atoms with E-state index in [1.165, 1.54) is 5.56 Å². The minimum Gasteiger partial charge on any atom is -0.264 e. The summed E-state index contributed by atoms with van der Waals surface area (Å²) in [6.45, 7) is 11.3. The van der Waals surface area contributed by atoms with Crippen LogP contribution in [0.15, 0.2) is 35.9 Å². The van der Waals surface area contributed by atoms with E-state index in [2.05, 4.69) is 37.3 Å². The Morgan fingerprint density at radius 3 is 2.43 bits per heavy atom. The zero-order valence-corrected chi connectivity index (χ0v) is 8.75. The molecule has 0 atom stereocenters. The van der Waals surface area contributed by atoms with Gasteiger partial charge in [0.05, 0.1) is 5.69 Å². The summed E-state index contributed by atoms with van der Waals surface area (Å²) in [7, 11) is 0. The van der Waals surface area contributed by atoms with Crippen molar-refractivity contribution in [2.45, 2.75) is 13.8 Å². The van der Waals surface area contributed by atoms with E-state index in [0.29, 0.717) is 0 Å². The van der Waals surface area contributed by atoms with Crippen LogP contribution in [0.5, 0.6) is 0 Å². The maximum atomic E-state index is 4.05. The molecule has 0 N–H and O–H groups in total. The van der Waals surface area contributed by atoms with Gasteiger partial charge in [0.15, 0.2) is 0 Å². The molecule has 72 valence electrons. The maximum Gasteiger partial charge on any atom is 0.0726 e. The fourth-order valence-corrected chi connectivity index (χ4v) is 1.40. The molecule has 0 aliphatic rings. The van der Waals surface area contributed by atoms with Gasteiger partial charge in [-0.2, -0.15) is 0 Å². The minimum absolute atomic E-state index is 0.961. The molecule has 1 rings (SSSR count). The van der Waals surface area contributed by atoms with Crippen LogP contribution in [0.3, 0.4) is 0 Å². The number of allylic oxidation sites excluding steroid dienone is 2. The molecule has 0 heterocycles. The van der Waals surface area contributed by atoms with Crippen LogP contribution >= 0.6 is 0 Å². The van der Waals surface area contributed by atoms with Crippen LogP contribution in [0.4, 0.5) is 5.69 Å². The molecule has 0 amide bonds. The van der Waals surface area contributed by atoms with E-state index in [1.54, 1.807) is 6.08 Å². The molecule has 1 heteroatoms. The molecule has 0 aliphatic carbocycles. The third kappa shape index (κ3) is 1.99. The number of aryl methyl sites for hydroxylation is 2. The highest BCUT2D eigenvalue weighted by Gasteiger charge is 2.03. The fourth-order valence-electron chi connectivity index (χ4n) is 1.40. The fraction of sp³-hybridized carbons (Fsp3) is 0.154. The first-order chi connectivity index (χ1) is 6.70. The largest absolute Gasteiger partial charge is 0.264 e. The van der Waals surface area contributed by atoms with Gasteiger partial charge in [0.2, 0.25) is 0 Å². The molecule has 0 fully saturated rings. The molecule has 0 saturated carbocycles. The van der Waals surface area contributed by atoms with Crippen LogP contribution in [0, 0.1) is 13.8 Å². The topological polar surface area (TPSA) is 12.4 Å². The van der Waals surface area contributed by atoms with Crippen LogP contribution in [0.2, 0.25) is 0 Å². The molecule has 1 aromatic carbocycles. The van der Waals surface area contributed by atoms with Crippen LogP contribution in [0.25, 0.3) is 6.08 Å². The summed E-state index contributed by atoms with van der Waals surface area (Å²) < 4.78 is 0. The second-order valence-corrected chi connectivity index (χ2v) is 3.21. The highest BCUT2D eigenvalue weighted by atomic mass is 14.7. The lowest BCUT2D eigenvalue weighted by Gasteiger charge is -2.07. The van der Waals surface area contributed by atoms with E-state index < -0.39 is 0 Å². The molecular formula is C13H15N. The van der Waals surface area contributed by atoms with Crippen molar-refractivity contribution >= 4 is 18.5 Å². The molecule has 0 saturated heterocycles. The van der Waals surface area contributed by atoms with Gasteiger partial charge in [-0.3, -0.25) is 4.99 Å². The van der Waals surface area contributed by atoms with Gasteiger partial charge in [-0.05, 0) is 31.7 Å². The van der Waals surface area contributed by atoms with Gasteiger partial charge in [-0.25, -0.2) is 0 Å². The van der Waals surface area contributed by atoms with Gasteiger partial charge < -0.3 is 0 Å². The molecule has 14 heavy (non-hydrogen) atoms. The van der Waals surface area contributed by atoms with Crippen LogP contribution in [-0.2, 0) is 0 Å². The maximum absolute atomic E-state index is 4.05. The van der Waals surface area contributed by atoms with Crippen LogP contribution < -0.4 is 0 Å². The van der Waals surface area contributed by atoms with Crippen LogP contribution in [0.1, 0.15) is 16.7 Å². The van der Waals surface area contributed by atoms with E-state index >= 15 is 0 Å². The van der Waals surface area contributed by atoms with Crippen molar-refractivity contribution in [3.8, 4) is 0 Å². The van der Waals surface area contributed by atoms with Crippen molar-refractivity contribution < 1.29 is 0 Å². The number of hydrogen-bond donors (Lipinski definition) is 0. The zero-order valence-electron chi connectivity index (χ0n) is 8.75. The number of hydrogen-bond acceptors (Lipinski definition) is 1. The predicted molar refractivity (Wildman–Crippen MR) is 64.4 cm³/mol. The highest BCUT2D eigenvalue weighted by Crippen LogP contribution is 2.27. The summed E-state index contributed by atoms with van der Waals surface area (Å²) in [5.74, 6) is 0. The van der Waals surface area contributed by atoms with Gasteiger partial charge in [-0.1, -0.05) is 36.9 Å². The first kappa shape index (κ1) is 10.5. The first-order valence-corrected chi connectivity index (χ1v) is 4.56. The smallest absolute Gasteiger partial charge is 0.0726 e. The predicted octanol–water partition coefficient (Wildman–Crippen LogP) is 3.83. The lowest BCUT2D eigenvalue weighted by Crippen LogP contribution is -1.84. The lowest BCUT2D eigenvalue weighted by atomic mass is 10.0. The number of nitrogens with zero attached hydrogens (tertiary/aromatic N) is 1. The average Bonchev–Trinajstić information content (AvgIpc) is 2.19. The molecule has 1 aromatic rings. The summed E-state index contributed by atoms with van der Waals surface area (Å²) in [6.07, 6.45) is 5.68. The average molecular weight is 185 g/mol. The Morgan fingerprint density at radius 2 is 1.86 bits per heavy atom. The Kier molecular flexibility index (Phi) is 3.41. The normalized spacial score (nSPS) is 10.4. The van der Waals surface area contributed by atoms with Gasteiger partial charge in [-0.15, -0.1) is 0 Å². The Hall–Kier alpha value is -1.63. The lowest BCUT2D eigenvalue weighted by molar-refractivity contribution is 1.34. The van der Waals surface area contributed by atoms with E-state index in [0.717, 1.165) is 16.8 Å². The van der Waals surface area contributed by atoms with Gasteiger partial charge in [0, 0.05) is 5.56 Å². The zero-order chi connectivity index (χ0) is 10.6. The molecular weight excluding hydrogens is 170 g/mol. The number of rotatable bonds is 3. The van der Waals surface area contributed by atoms with Gasteiger partial charge >= 0.3 is 0 Å². The Balaban J connectivity index is 3.36. The third-order valence-electron chi connectivity index (χ3n) is 2.19. The standard InChI is InChI=1S/C13H15N/c1-5-6-7-12-10(2)8-9-11(3)13(12)14-4/h5-9H,1,4H2,2-3H3/b7-6-. The van der Waals surface area contributed by atoms with Crippen molar-refractivity contribution in [1.82, 2.24) is 0 Å². The summed E-state index contributed by atoms with van der Waals surface area (Å²) in [5.41, 5.74) is 4.44. The third-order valence-corrected chi connectivity index (χ3v) is 2.19. The SMILES string of the molecule is C=C/C=C\c1c(C)ccc(C)c1N=C. The molecule has 0 aliphatic heterocycles. The Morgan fingerprint density at radius 1 is 1.21 bits per heavy atom. The van der Waals surface area contributed by atoms with E-state index in [4.69, 9.17) is 0 Å². The van der Waals surface area contributed by atoms with Crippen molar-refractivity contribution in [2.75, 3.05) is 0 Å². The van der Waals surface area contributed by atoms with Crippen LogP contribution in [-0.4, -0.2) is 6.72 Å². The number of aliphatic imine (C=N–C) groups is 1. The Labute approximate surface area is 85.5 Å². The van der Waals surface area contributed by atoms with E-state index in [1.807, 2.05) is 19.1 Å². The Bertz CT molecular complexity index is 386. The van der Waals surface area contributed by atoms with E-state index in [9.17, 15) is 0 Å². The monoisotopic (exact) mass is 185 g/mol. The molecule has 0 aromatic heterocycles. The quantitative estimate of drug-likeness (QED) is 0.501. The molecule has 1 nitrogen and oxygen atoms in total. The summed E-state index contributed by atoms with van der Waals surface area (Å²) >= 11 is 0. The van der Waals surface area contributed by atoms with Crippen molar-refractivity contribution in [3.63, 3.8) is 0 Å². The minimum atomic E-state index is 0.961. The summed E-state index contributed by atoms with van der Waals surface area (Å²) in [5, 5.41) is 0. The summed E-state index contributed by atoms with van der Waals surface area (Å²) in [4.78, 5) is 4.05.